The number of aromatic nitrogens is 1. The summed E-state index contributed by atoms with van der Waals surface area (Å²) in [6.07, 6.45) is 4.14. The Kier molecular flexibility index (Phi) is 6.71. The number of alkyl halides is 1. The van der Waals surface area contributed by atoms with E-state index in [-0.39, 0.29) is 5.54 Å². The number of anilines is 2. The van der Waals surface area contributed by atoms with Crippen LogP contribution in [-0.4, -0.2) is 54.4 Å². The third-order valence-corrected chi connectivity index (χ3v) is 9.81. The van der Waals surface area contributed by atoms with Gasteiger partial charge in [-0.15, -0.1) is 0 Å². The summed E-state index contributed by atoms with van der Waals surface area (Å²) in [4.78, 5) is 9.67. The van der Waals surface area contributed by atoms with Crippen molar-refractivity contribution in [3.05, 3.63) is 46.1 Å². The number of ether oxygens (including phenoxy) is 2. The minimum atomic E-state index is -0.788. The Hall–Kier alpha value is -2.89. The highest BCUT2D eigenvalue weighted by Crippen LogP contribution is 2.51. The highest BCUT2D eigenvalue weighted by Gasteiger charge is 2.50. The first-order valence-electron chi connectivity index (χ1n) is 14.6. The van der Waals surface area contributed by atoms with Crippen molar-refractivity contribution in [3.8, 4) is 11.9 Å². The number of nitrogens with two attached hydrogens (primary N) is 1. The average molecular weight is 534 g/mol. The molecule has 1 aliphatic carbocycles. The van der Waals surface area contributed by atoms with Gasteiger partial charge in [0.2, 0.25) is 5.88 Å². The van der Waals surface area contributed by atoms with Crippen molar-refractivity contribution in [2.24, 2.45) is 0 Å². The van der Waals surface area contributed by atoms with Gasteiger partial charge in [0.1, 0.15) is 24.4 Å². The second-order valence-corrected chi connectivity index (χ2v) is 11.9. The zero-order valence-electron chi connectivity index (χ0n) is 23.4. The van der Waals surface area contributed by atoms with Gasteiger partial charge in [0.15, 0.2) is 0 Å². The second kappa shape index (κ2) is 9.94. The molecule has 4 heterocycles. The molecule has 39 heavy (non-hydrogen) atoms. The van der Waals surface area contributed by atoms with Gasteiger partial charge in [-0.05, 0) is 63.6 Å². The standard InChI is InChI=1S/C31H40FN5O2/c1-4-36(5-2)27-13-28(38-19-30-10-6-12-37(30)17-21(32)14-30)35-26-15-31(39-18-24(26)27)11-9-20(3)22-7-8-25(34)23(16-33)29(22)31/h7-8,13,20-21H,4-6,9-12,14-15,17-19,34H2,1-3H3. The molecule has 0 bridgehead atoms. The van der Waals surface area contributed by atoms with Crippen molar-refractivity contribution in [2.75, 3.05) is 43.4 Å². The molecular formula is C31H40FN5O2. The molecule has 0 saturated carbocycles. The molecule has 1 aromatic carbocycles. The van der Waals surface area contributed by atoms with Gasteiger partial charge in [-0.3, -0.25) is 4.90 Å². The molecule has 1 aromatic heterocycles. The lowest BCUT2D eigenvalue weighted by atomic mass is 9.69. The molecule has 3 aliphatic heterocycles. The number of nitrogens with zero attached hydrogens (tertiary/aromatic N) is 4. The first-order valence-corrected chi connectivity index (χ1v) is 14.6. The third kappa shape index (κ3) is 4.25. The van der Waals surface area contributed by atoms with Crippen molar-refractivity contribution in [1.29, 1.82) is 5.26 Å². The summed E-state index contributed by atoms with van der Waals surface area (Å²) in [7, 11) is 0. The molecule has 208 valence electrons. The van der Waals surface area contributed by atoms with Gasteiger partial charge in [-0.2, -0.15) is 5.26 Å². The molecule has 4 atom stereocenters. The predicted octanol–water partition coefficient (Wildman–Crippen LogP) is 5.20. The minimum Gasteiger partial charge on any atom is -0.476 e. The number of nitrogen functional groups attached to an aromatic ring is 1. The Morgan fingerprint density at radius 2 is 2.13 bits per heavy atom. The molecule has 2 fully saturated rings. The highest BCUT2D eigenvalue weighted by atomic mass is 19.1. The van der Waals surface area contributed by atoms with Gasteiger partial charge in [-0.1, -0.05) is 13.0 Å². The molecule has 2 N–H and O–H groups in total. The summed E-state index contributed by atoms with van der Waals surface area (Å²) in [5.41, 5.74) is 11.7. The molecule has 7 nitrogen and oxygen atoms in total. The van der Waals surface area contributed by atoms with Crippen LogP contribution in [0.25, 0.3) is 0 Å². The van der Waals surface area contributed by atoms with E-state index in [1.807, 2.05) is 12.1 Å². The average Bonchev–Trinajstić information content (AvgIpc) is 3.46. The van der Waals surface area contributed by atoms with E-state index >= 15 is 0 Å². The first-order chi connectivity index (χ1) is 18.8. The van der Waals surface area contributed by atoms with Crippen LogP contribution in [0.1, 0.15) is 86.7 Å². The van der Waals surface area contributed by atoms with Gasteiger partial charge < -0.3 is 20.1 Å². The van der Waals surface area contributed by atoms with Crippen molar-refractivity contribution in [1.82, 2.24) is 9.88 Å². The quantitative estimate of drug-likeness (QED) is 0.511. The zero-order valence-corrected chi connectivity index (χ0v) is 23.4. The van der Waals surface area contributed by atoms with Gasteiger partial charge in [0.05, 0.1) is 23.4 Å². The molecule has 4 aliphatic rings. The van der Waals surface area contributed by atoms with Crippen LogP contribution >= 0.6 is 0 Å². The van der Waals surface area contributed by atoms with Crippen LogP contribution in [0.2, 0.25) is 0 Å². The monoisotopic (exact) mass is 533 g/mol. The minimum absolute atomic E-state index is 0.228. The van der Waals surface area contributed by atoms with Crippen molar-refractivity contribution in [3.63, 3.8) is 0 Å². The fourth-order valence-electron chi connectivity index (χ4n) is 7.71. The topological polar surface area (TPSA) is 87.6 Å². The van der Waals surface area contributed by atoms with Crippen molar-refractivity contribution < 1.29 is 13.9 Å². The maximum absolute atomic E-state index is 14.4. The fourth-order valence-corrected chi connectivity index (χ4v) is 7.71. The summed E-state index contributed by atoms with van der Waals surface area (Å²) in [5.74, 6) is 0.922. The van der Waals surface area contributed by atoms with Gasteiger partial charge in [0, 0.05) is 61.0 Å². The van der Waals surface area contributed by atoms with Gasteiger partial charge >= 0.3 is 0 Å². The Morgan fingerprint density at radius 1 is 1.31 bits per heavy atom. The molecule has 2 aromatic rings. The second-order valence-electron chi connectivity index (χ2n) is 11.9. The van der Waals surface area contributed by atoms with Crippen LogP contribution in [0.3, 0.4) is 0 Å². The van der Waals surface area contributed by atoms with Gasteiger partial charge in [-0.25, -0.2) is 9.37 Å². The normalized spacial score (nSPS) is 29.5. The maximum Gasteiger partial charge on any atom is 0.215 e. The molecule has 0 amide bonds. The Balaban J connectivity index is 1.39. The van der Waals surface area contributed by atoms with Crippen LogP contribution in [0, 0.1) is 11.3 Å². The number of pyridine rings is 1. The van der Waals surface area contributed by atoms with Crippen LogP contribution in [0.4, 0.5) is 15.8 Å². The van der Waals surface area contributed by atoms with E-state index in [0.29, 0.717) is 55.6 Å². The van der Waals surface area contributed by atoms with Crippen LogP contribution < -0.4 is 15.4 Å². The van der Waals surface area contributed by atoms with Crippen LogP contribution in [-0.2, 0) is 23.4 Å². The largest absolute Gasteiger partial charge is 0.476 e. The highest BCUT2D eigenvalue weighted by molar-refractivity contribution is 5.64. The third-order valence-electron chi connectivity index (χ3n) is 9.81. The number of rotatable bonds is 6. The smallest absolute Gasteiger partial charge is 0.215 e. The number of hydrogen-bond acceptors (Lipinski definition) is 7. The Labute approximate surface area is 231 Å². The van der Waals surface area contributed by atoms with Crippen molar-refractivity contribution >= 4 is 11.4 Å². The van der Waals surface area contributed by atoms with E-state index < -0.39 is 11.8 Å². The lowest BCUT2D eigenvalue weighted by molar-refractivity contribution is -0.0871. The lowest BCUT2D eigenvalue weighted by Crippen LogP contribution is -2.44. The summed E-state index contributed by atoms with van der Waals surface area (Å²) in [5, 5.41) is 10.1. The number of hydrogen-bond donors (Lipinski definition) is 1. The molecule has 8 heteroatoms. The summed E-state index contributed by atoms with van der Waals surface area (Å²) < 4.78 is 27.6. The lowest BCUT2D eigenvalue weighted by Gasteiger charge is -2.45. The van der Waals surface area contributed by atoms with Crippen LogP contribution in [0.5, 0.6) is 5.88 Å². The van der Waals surface area contributed by atoms with E-state index in [1.54, 1.807) is 0 Å². The van der Waals surface area contributed by atoms with Crippen molar-refractivity contribution in [2.45, 2.75) is 89.1 Å². The SMILES string of the molecule is CCN(CC)c1cc(OCC23CCCN2CC(F)C3)nc2c1COC1(CCC(C)c3ccc(N)c(C#N)c31)C2. The maximum atomic E-state index is 14.4. The zero-order chi connectivity index (χ0) is 27.4. The van der Waals surface area contributed by atoms with Gasteiger partial charge in [0.25, 0.3) is 0 Å². The summed E-state index contributed by atoms with van der Waals surface area (Å²) in [6, 6.07) is 8.34. The molecule has 2 saturated heterocycles. The number of halogens is 1. The van der Waals surface area contributed by atoms with E-state index in [2.05, 4.69) is 42.7 Å². The molecule has 6 rings (SSSR count). The van der Waals surface area contributed by atoms with Crippen LogP contribution in [0.15, 0.2) is 18.2 Å². The number of benzene rings is 1. The van der Waals surface area contributed by atoms with E-state index in [9.17, 15) is 9.65 Å². The summed E-state index contributed by atoms with van der Waals surface area (Å²) in [6.45, 7) is 10.5. The fraction of sp³-hybridized carbons (Fsp3) is 0.613. The molecule has 0 radical (unpaired) electrons. The van der Waals surface area contributed by atoms with E-state index in [1.165, 1.54) is 0 Å². The summed E-state index contributed by atoms with van der Waals surface area (Å²) >= 11 is 0. The van der Waals surface area contributed by atoms with E-state index in [4.69, 9.17) is 20.2 Å². The first kappa shape index (κ1) is 26.3. The van der Waals surface area contributed by atoms with E-state index in [0.717, 1.165) is 73.4 Å². The number of fused-ring (bicyclic) bond motifs is 4. The number of nitriles is 1. The molecular weight excluding hydrogens is 493 g/mol. The Morgan fingerprint density at radius 3 is 2.90 bits per heavy atom. The molecule has 4 unspecified atom stereocenters. The predicted molar refractivity (Wildman–Crippen MR) is 150 cm³/mol. The molecule has 1 spiro atoms. The Bertz CT molecular complexity index is 1310.